The van der Waals surface area contributed by atoms with Crippen LogP contribution in [0.4, 0.5) is 0 Å². The third-order valence-electron chi connectivity index (χ3n) is 3.65. The number of hydrogen-bond donors (Lipinski definition) is 1. The van der Waals surface area contributed by atoms with Gasteiger partial charge in [0.15, 0.2) is 6.04 Å². The minimum atomic E-state index is -0.979. The lowest BCUT2D eigenvalue weighted by molar-refractivity contribution is -0.153. The van der Waals surface area contributed by atoms with E-state index in [0.29, 0.717) is 6.54 Å². The van der Waals surface area contributed by atoms with Crippen LogP contribution in [0.5, 0.6) is 0 Å². The summed E-state index contributed by atoms with van der Waals surface area (Å²) < 4.78 is 5.26. The third kappa shape index (κ3) is 2.86. The summed E-state index contributed by atoms with van der Waals surface area (Å²) in [5.74, 6) is -1.16. The zero-order valence-corrected chi connectivity index (χ0v) is 12.7. The quantitative estimate of drug-likeness (QED) is 0.924. The molecule has 1 aromatic rings. The first kappa shape index (κ1) is 15.0. The molecule has 5 nitrogen and oxygen atoms in total. The van der Waals surface area contributed by atoms with Gasteiger partial charge in [0.2, 0.25) is 5.91 Å². The number of hydrogen-bond acceptors (Lipinski definition) is 4. The van der Waals surface area contributed by atoms with E-state index in [-0.39, 0.29) is 12.3 Å². The van der Waals surface area contributed by atoms with E-state index in [2.05, 4.69) is 0 Å². The van der Waals surface area contributed by atoms with E-state index < -0.39 is 17.6 Å². The average Bonchev–Trinajstić information content (AvgIpc) is 2.84. The van der Waals surface area contributed by atoms with E-state index in [9.17, 15) is 14.7 Å². The SMILES string of the molecule is COC(C)(C)CC(=O)N1CCc2sccc2C1C(=O)O. The third-order valence-corrected chi connectivity index (χ3v) is 4.65. The summed E-state index contributed by atoms with van der Waals surface area (Å²) in [5.41, 5.74) is 0.159. The van der Waals surface area contributed by atoms with Gasteiger partial charge in [-0.25, -0.2) is 4.79 Å². The van der Waals surface area contributed by atoms with Gasteiger partial charge in [0, 0.05) is 18.5 Å². The van der Waals surface area contributed by atoms with Gasteiger partial charge in [-0.05, 0) is 37.3 Å². The smallest absolute Gasteiger partial charge is 0.331 e. The van der Waals surface area contributed by atoms with Crippen molar-refractivity contribution in [2.75, 3.05) is 13.7 Å². The summed E-state index contributed by atoms with van der Waals surface area (Å²) in [6.45, 7) is 4.09. The Morgan fingerprint density at radius 2 is 2.25 bits per heavy atom. The zero-order valence-electron chi connectivity index (χ0n) is 11.9. The Morgan fingerprint density at radius 3 is 2.85 bits per heavy atom. The zero-order chi connectivity index (χ0) is 14.9. The van der Waals surface area contributed by atoms with Crippen molar-refractivity contribution in [1.29, 1.82) is 0 Å². The standard InChI is InChI=1S/C14H19NO4S/c1-14(2,19-3)8-11(16)15-6-4-10-9(5-7-20-10)12(15)13(17)18/h5,7,12H,4,6,8H2,1-3H3,(H,17,18). The lowest BCUT2D eigenvalue weighted by Gasteiger charge is -2.35. The highest BCUT2D eigenvalue weighted by Crippen LogP contribution is 2.34. The summed E-state index contributed by atoms with van der Waals surface area (Å²) >= 11 is 1.55. The second-order valence-corrected chi connectivity index (χ2v) is 6.52. The molecule has 2 rings (SSSR count). The van der Waals surface area contributed by atoms with Crippen molar-refractivity contribution in [3.05, 3.63) is 21.9 Å². The summed E-state index contributed by atoms with van der Waals surface area (Å²) in [4.78, 5) is 26.5. The molecular formula is C14H19NO4S. The van der Waals surface area contributed by atoms with Gasteiger partial charge >= 0.3 is 5.97 Å². The monoisotopic (exact) mass is 297 g/mol. The van der Waals surface area contributed by atoms with Gasteiger partial charge in [-0.1, -0.05) is 0 Å². The molecule has 1 aliphatic rings. The molecule has 20 heavy (non-hydrogen) atoms. The van der Waals surface area contributed by atoms with Gasteiger partial charge in [0.1, 0.15) is 0 Å². The summed E-state index contributed by atoms with van der Waals surface area (Å²) in [7, 11) is 1.55. The van der Waals surface area contributed by atoms with Gasteiger partial charge in [0.05, 0.1) is 12.0 Å². The second-order valence-electron chi connectivity index (χ2n) is 5.52. The van der Waals surface area contributed by atoms with Crippen molar-refractivity contribution in [1.82, 2.24) is 4.90 Å². The number of carboxylic acids is 1. The van der Waals surface area contributed by atoms with Crippen molar-refractivity contribution >= 4 is 23.2 Å². The van der Waals surface area contributed by atoms with E-state index >= 15 is 0 Å². The van der Waals surface area contributed by atoms with Crippen molar-refractivity contribution in [2.45, 2.75) is 38.3 Å². The minimum absolute atomic E-state index is 0.173. The van der Waals surface area contributed by atoms with Gasteiger partial charge < -0.3 is 14.7 Å². The van der Waals surface area contributed by atoms with Crippen LogP contribution < -0.4 is 0 Å². The molecular weight excluding hydrogens is 278 g/mol. The second kappa shape index (κ2) is 5.54. The number of fused-ring (bicyclic) bond motifs is 1. The topological polar surface area (TPSA) is 66.8 Å². The lowest BCUT2D eigenvalue weighted by Crippen LogP contribution is -2.45. The van der Waals surface area contributed by atoms with Crippen LogP contribution in [0.15, 0.2) is 11.4 Å². The molecule has 2 heterocycles. The van der Waals surface area contributed by atoms with E-state index in [4.69, 9.17) is 4.74 Å². The first-order chi connectivity index (χ1) is 9.35. The molecule has 0 aliphatic carbocycles. The first-order valence-electron chi connectivity index (χ1n) is 6.49. The molecule has 1 atom stereocenters. The maximum Gasteiger partial charge on any atom is 0.331 e. The number of carbonyl (C=O) groups excluding carboxylic acids is 1. The summed E-state index contributed by atoms with van der Waals surface area (Å²) in [5, 5.41) is 11.3. The van der Waals surface area contributed by atoms with Gasteiger partial charge in [-0.15, -0.1) is 11.3 Å². The fraction of sp³-hybridized carbons (Fsp3) is 0.571. The van der Waals surface area contributed by atoms with E-state index in [0.717, 1.165) is 16.9 Å². The highest BCUT2D eigenvalue weighted by Gasteiger charge is 2.38. The molecule has 0 aromatic carbocycles. The summed E-state index contributed by atoms with van der Waals surface area (Å²) in [6, 6.07) is 0.935. The Kier molecular flexibility index (Phi) is 4.15. The van der Waals surface area contributed by atoms with Gasteiger partial charge in [0.25, 0.3) is 0 Å². The molecule has 1 unspecified atom stereocenters. The van der Waals surface area contributed by atoms with Crippen LogP contribution in [0.3, 0.4) is 0 Å². The Balaban J connectivity index is 2.24. The van der Waals surface area contributed by atoms with E-state index in [1.165, 1.54) is 4.90 Å². The van der Waals surface area contributed by atoms with Crippen molar-refractivity contribution in [2.24, 2.45) is 0 Å². The number of ether oxygens (including phenoxy) is 1. The molecule has 6 heteroatoms. The molecule has 0 saturated carbocycles. The number of thiophene rings is 1. The van der Waals surface area contributed by atoms with Crippen LogP contribution in [0.25, 0.3) is 0 Å². The Bertz CT molecular complexity index is 523. The molecule has 0 saturated heterocycles. The van der Waals surface area contributed by atoms with Crippen molar-refractivity contribution in [3.63, 3.8) is 0 Å². The number of carboxylic acid groups (broad SMARTS) is 1. The van der Waals surface area contributed by atoms with Crippen LogP contribution in [0.1, 0.15) is 36.8 Å². The summed E-state index contributed by atoms with van der Waals surface area (Å²) in [6.07, 6.45) is 0.892. The van der Waals surface area contributed by atoms with E-state index in [1.54, 1.807) is 24.5 Å². The number of rotatable bonds is 4. The predicted octanol–water partition coefficient (Wildman–Crippen LogP) is 2.07. The molecule has 0 fully saturated rings. The average molecular weight is 297 g/mol. The normalized spacial score (nSPS) is 18.8. The van der Waals surface area contributed by atoms with Crippen LogP contribution in [0.2, 0.25) is 0 Å². The Morgan fingerprint density at radius 1 is 1.55 bits per heavy atom. The predicted molar refractivity (Wildman–Crippen MR) is 75.8 cm³/mol. The molecule has 1 amide bonds. The molecule has 0 bridgehead atoms. The number of nitrogens with zero attached hydrogens (tertiary/aromatic N) is 1. The van der Waals surface area contributed by atoms with Crippen LogP contribution in [0, 0.1) is 0 Å². The Labute approximate surface area is 122 Å². The van der Waals surface area contributed by atoms with Gasteiger partial charge in [-0.2, -0.15) is 0 Å². The largest absolute Gasteiger partial charge is 0.479 e. The van der Waals surface area contributed by atoms with Crippen LogP contribution in [-0.4, -0.2) is 41.1 Å². The highest BCUT2D eigenvalue weighted by atomic mass is 32.1. The molecule has 1 aromatic heterocycles. The number of methoxy groups -OCH3 is 1. The Hall–Kier alpha value is -1.40. The van der Waals surface area contributed by atoms with Gasteiger partial charge in [-0.3, -0.25) is 4.79 Å². The molecule has 0 spiro atoms. The number of carbonyl (C=O) groups is 2. The maximum atomic E-state index is 12.4. The highest BCUT2D eigenvalue weighted by molar-refractivity contribution is 7.10. The molecule has 1 aliphatic heterocycles. The van der Waals surface area contributed by atoms with E-state index in [1.807, 2.05) is 19.2 Å². The minimum Gasteiger partial charge on any atom is -0.479 e. The number of amides is 1. The van der Waals surface area contributed by atoms with Crippen LogP contribution in [-0.2, 0) is 20.7 Å². The first-order valence-corrected chi connectivity index (χ1v) is 7.37. The molecule has 0 radical (unpaired) electrons. The molecule has 1 N–H and O–H groups in total. The van der Waals surface area contributed by atoms with Crippen molar-refractivity contribution in [3.8, 4) is 0 Å². The lowest BCUT2D eigenvalue weighted by atomic mass is 9.97. The van der Waals surface area contributed by atoms with Crippen LogP contribution >= 0.6 is 11.3 Å². The number of aliphatic carboxylic acids is 1. The molecule has 110 valence electrons. The maximum absolute atomic E-state index is 12.4. The fourth-order valence-corrected chi connectivity index (χ4v) is 3.29. The fourth-order valence-electron chi connectivity index (χ4n) is 2.39. The van der Waals surface area contributed by atoms with Crippen molar-refractivity contribution < 1.29 is 19.4 Å².